The van der Waals surface area contributed by atoms with E-state index in [1.54, 1.807) is 25.3 Å². The average molecular weight is 478 g/mol. The molecule has 3 aromatic rings. The van der Waals surface area contributed by atoms with E-state index in [2.05, 4.69) is 36.5 Å². The summed E-state index contributed by atoms with van der Waals surface area (Å²) in [6.45, 7) is 2.83. The van der Waals surface area contributed by atoms with Crippen LogP contribution in [0.4, 0.5) is 5.69 Å². The molecule has 0 aliphatic rings. The van der Waals surface area contributed by atoms with Crippen LogP contribution < -0.4 is 19.5 Å². The lowest BCUT2D eigenvalue weighted by atomic mass is 10.1. The van der Waals surface area contributed by atoms with Crippen LogP contribution in [-0.4, -0.2) is 40.3 Å². The van der Waals surface area contributed by atoms with Crippen molar-refractivity contribution in [2.75, 3.05) is 39.7 Å². The molecule has 0 aromatic heterocycles. The second-order valence-electron chi connectivity index (χ2n) is 7.74. The van der Waals surface area contributed by atoms with Crippen molar-refractivity contribution in [3.8, 4) is 17.2 Å². The first-order valence-electron chi connectivity index (χ1n) is 11.2. The number of hydrogen-bond donors (Lipinski definition) is 1. The van der Waals surface area contributed by atoms with Gasteiger partial charge in [0.1, 0.15) is 5.75 Å². The Hall–Kier alpha value is -3.81. The zero-order valence-electron chi connectivity index (χ0n) is 20.3. The smallest absolute Gasteiger partial charge is 0.248 e. The Labute approximate surface area is 206 Å². The predicted octanol–water partition coefficient (Wildman–Crippen LogP) is 5.23. The fourth-order valence-electron chi connectivity index (χ4n) is 3.14. The number of hydrogen-bond acceptors (Lipinski definition) is 6. The molecule has 35 heavy (non-hydrogen) atoms. The Morgan fingerprint density at radius 1 is 0.829 bits per heavy atom. The van der Waals surface area contributed by atoms with Crippen LogP contribution in [0.25, 0.3) is 6.08 Å². The second-order valence-corrected chi connectivity index (χ2v) is 7.74. The summed E-state index contributed by atoms with van der Waals surface area (Å²) in [5.41, 5.74) is 3.93. The molecule has 184 valence electrons. The van der Waals surface area contributed by atoms with Crippen LogP contribution in [0.3, 0.4) is 0 Å². The third kappa shape index (κ3) is 8.81. The van der Waals surface area contributed by atoms with Gasteiger partial charge in [0.2, 0.25) is 5.91 Å². The molecule has 1 amide bonds. The van der Waals surface area contributed by atoms with E-state index in [4.69, 9.17) is 23.7 Å². The topological polar surface area (TPSA) is 75.3 Å². The average Bonchev–Trinajstić information content (AvgIpc) is 2.87. The van der Waals surface area contributed by atoms with Gasteiger partial charge in [-0.15, -0.1) is 0 Å². The molecule has 1 N–H and O–H groups in total. The largest absolute Gasteiger partial charge is 0.493 e. The van der Waals surface area contributed by atoms with Gasteiger partial charge in [-0.05, 0) is 60.5 Å². The number of methoxy groups -OCH3 is 2. The molecular weight excluding hydrogens is 446 g/mol. The van der Waals surface area contributed by atoms with E-state index < -0.39 is 0 Å². The molecule has 0 aliphatic carbocycles. The van der Waals surface area contributed by atoms with Gasteiger partial charge in [0, 0.05) is 32.4 Å². The van der Waals surface area contributed by atoms with Crippen molar-refractivity contribution in [1.29, 1.82) is 0 Å². The summed E-state index contributed by atoms with van der Waals surface area (Å²) >= 11 is 0. The van der Waals surface area contributed by atoms with Crippen LogP contribution in [0, 0.1) is 6.92 Å². The van der Waals surface area contributed by atoms with Gasteiger partial charge >= 0.3 is 0 Å². The minimum Gasteiger partial charge on any atom is -0.493 e. The first-order valence-corrected chi connectivity index (χ1v) is 11.2. The van der Waals surface area contributed by atoms with Crippen LogP contribution in [0.2, 0.25) is 0 Å². The van der Waals surface area contributed by atoms with Gasteiger partial charge in [-0.2, -0.15) is 0 Å². The molecule has 0 heterocycles. The molecule has 0 atom stereocenters. The quantitative estimate of drug-likeness (QED) is 0.268. The van der Waals surface area contributed by atoms with Gasteiger partial charge in [0.05, 0.1) is 6.61 Å². The Morgan fingerprint density at radius 3 is 2.20 bits per heavy atom. The van der Waals surface area contributed by atoms with Crippen LogP contribution in [0.15, 0.2) is 72.8 Å². The van der Waals surface area contributed by atoms with E-state index in [0.717, 1.165) is 17.7 Å². The fourth-order valence-corrected chi connectivity index (χ4v) is 3.14. The summed E-state index contributed by atoms with van der Waals surface area (Å²) in [7, 11) is 3.08. The number of nitrogens with one attached hydrogen (secondary N) is 1. The Kier molecular flexibility index (Phi) is 10.2. The van der Waals surface area contributed by atoms with Crippen molar-refractivity contribution in [3.05, 3.63) is 89.5 Å². The molecule has 0 fully saturated rings. The van der Waals surface area contributed by atoms with Crippen molar-refractivity contribution in [3.63, 3.8) is 0 Å². The SMILES string of the molecule is COCOc1ccc(/C=C/C(=O)Nc2ccc(OCCc3ccc(C)cc3)cc2)cc1OCOC. The van der Waals surface area contributed by atoms with Gasteiger partial charge in [-0.3, -0.25) is 4.79 Å². The standard InChI is InChI=1S/C28H31NO6/c1-21-4-6-22(7-5-21)16-17-33-25-12-10-24(11-13-25)29-28(30)15-9-23-8-14-26(34-19-31-2)27(18-23)35-20-32-3/h4-15,18H,16-17,19-20H2,1-3H3,(H,29,30)/b15-9+. The molecule has 0 bridgehead atoms. The third-order valence-electron chi connectivity index (χ3n) is 4.96. The predicted molar refractivity (Wildman–Crippen MR) is 136 cm³/mol. The van der Waals surface area contributed by atoms with Crippen molar-refractivity contribution in [2.24, 2.45) is 0 Å². The number of benzene rings is 3. The fraction of sp³-hybridized carbons (Fsp3) is 0.250. The van der Waals surface area contributed by atoms with Gasteiger partial charge in [0.25, 0.3) is 0 Å². The lowest BCUT2D eigenvalue weighted by Crippen LogP contribution is -2.08. The van der Waals surface area contributed by atoms with E-state index >= 15 is 0 Å². The minimum atomic E-state index is -0.253. The maximum atomic E-state index is 12.4. The molecule has 0 unspecified atom stereocenters. The highest BCUT2D eigenvalue weighted by molar-refractivity contribution is 6.02. The molecular formula is C28H31NO6. The summed E-state index contributed by atoms with van der Waals surface area (Å²) in [4.78, 5) is 12.4. The highest BCUT2D eigenvalue weighted by Crippen LogP contribution is 2.29. The first-order chi connectivity index (χ1) is 17.1. The molecule has 0 saturated carbocycles. The number of anilines is 1. The van der Waals surface area contributed by atoms with E-state index in [1.807, 2.05) is 30.3 Å². The molecule has 0 saturated heterocycles. The second kappa shape index (κ2) is 13.8. The minimum absolute atomic E-state index is 0.0721. The Bertz CT molecular complexity index is 1090. The van der Waals surface area contributed by atoms with E-state index in [0.29, 0.717) is 23.8 Å². The Morgan fingerprint density at radius 2 is 1.51 bits per heavy atom. The maximum absolute atomic E-state index is 12.4. The van der Waals surface area contributed by atoms with Gasteiger partial charge in [-0.25, -0.2) is 0 Å². The van der Waals surface area contributed by atoms with Crippen molar-refractivity contribution in [1.82, 2.24) is 0 Å². The van der Waals surface area contributed by atoms with Gasteiger partial charge in [0.15, 0.2) is 25.1 Å². The van der Waals surface area contributed by atoms with Gasteiger partial charge < -0.3 is 29.0 Å². The summed E-state index contributed by atoms with van der Waals surface area (Å²) in [5.74, 6) is 1.51. The molecule has 7 nitrogen and oxygen atoms in total. The highest BCUT2D eigenvalue weighted by atomic mass is 16.7. The lowest BCUT2D eigenvalue weighted by molar-refractivity contribution is -0.111. The molecule has 0 spiro atoms. The van der Waals surface area contributed by atoms with Gasteiger partial charge in [-0.1, -0.05) is 35.9 Å². The summed E-state index contributed by atoms with van der Waals surface area (Å²) in [5, 5.41) is 2.84. The summed E-state index contributed by atoms with van der Waals surface area (Å²) in [6.07, 6.45) is 3.98. The van der Waals surface area contributed by atoms with E-state index in [-0.39, 0.29) is 19.5 Å². The lowest BCUT2D eigenvalue weighted by Gasteiger charge is -2.12. The number of carbonyl (C=O) groups is 1. The van der Waals surface area contributed by atoms with Crippen LogP contribution >= 0.6 is 0 Å². The van der Waals surface area contributed by atoms with Crippen molar-refractivity contribution >= 4 is 17.7 Å². The molecule has 0 radical (unpaired) electrons. The Balaban J connectivity index is 1.51. The third-order valence-corrected chi connectivity index (χ3v) is 4.96. The molecule has 3 rings (SSSR count). The highest BCUT2D eigenvalue weighted by Gasteiger charge is 2.07. The normalized spacial score (nSPS) is 10.8. The van der Waals surface area contributed by atoms with Crippen LogP contribution in [0.5, 0.6) is 17.2 Å². The monoisotopic (exact) mass is 477 g/mol. The number of amides is 1. The molecule has 3 aromatic carbocycles. The van der Waals surface area contributed by atoms with Crippen molar-refractivity contribution in [2.45, 2.75) is 13.3 Å². The number of aryl methyl sites for hydroxylation is 1. The van der Waals surface area contributed by atoms with Crippen molar-refractivity contribution < 1.29 is 28.5 Å². The van der Waals surface area contributed by atoms with E-state index in [1.165, 1.54) is 24.3 Å². The van der Waals surface area contributed by atoms with E-state index in [9.17, 15) is 4.79 Å². The number of ether oxygens (including phenoxy) is 5. The zero-order valence-corrected chi connectivity index (χ0v) is 20.3. The number of rotatable bonds is 13. The first kappa shape index (κ1) is 25.8. The summed E-state index contributed by atoms with van der Waals surface area (Å²) in [6, 6.07) is 21.1. The van der Waals surface area contributed by atoms with Crippen LogP contribution in [-0.2, 0) is 20.7 Å². The van der Waals surface area contributed by atoms with Crippen LogP contribution in [0.1, 0.15) is 16.7 Å². The molecule has 0 aliphatic heterocycles. The zero-order chi connectivity index (χ0) is 24.9. The molecule has 7 heteroatoms. The maximum Gasteiger partial charge on any atom is 0.248 e. The number of carbonyl (C=O) groups excluding carboxylic acids is 1. The summed E-state index contributed by atoms with van der Waals surface area (Å²) < 4.78 is 26.7.